The molecule has 68 valence electrons. The van der Waals surface area contributed by atoms with Crippen molar-refractivity contribution in [3.8, 4) is 0 Å². The molecule has 0 amide bonds. The molecule has 0 saturated heterocycles. The van der Waals surface area contributed by atoms with Gasteiger partial charge in [-0.3, -0.25) is 0 Å². The van der Waals surface area contributed by atoms with Gasteiger partial charge in [0.25, 0.3) is 0 Å². The Morgan fingerprint density at radius 3 is 2.92 bits per heavy atom. The number of nitrogens with one attached hydrogen (secondary N) is 1. The van der Waals surface area contributed by atoms with Gasteiger partial charge in [0.2, 0.25) is 0 Å². The van der Waals surface area contributed by atoms with E-state index in [2.05, 4.69) is 10.3 Å². The zero-order valence-electron chi connectivity index (χ0n) is 7.37. The Balaban J connectivity index is 2.80. The molecule has 0 aliphatic rings. The Morgan fingerprint density at radius 2 is 2.50 bits per heavy atom. The maximum absolute atomic E-state index is 9.19. The van der Waals surface area contributed by atoms with Crippen molar-refractivity contribution in [1.29, 1.82) is 0 Å². The summed E-state index contributed by atoms with van der Waals surface area (Å²) >= 11 is 1.56. The minimum atomic E-state index is -0.372. The predicted molar refractivity (Wildman–Crippen MR) is 50.2 cm³/mol. The van der Waals surface area contributed by atoms with Crippen LogP contribution in [0, 0.1) is 0 Å². The van der Waals surface area contributed by atoms with E-state index in [0.717, 1.165) is 11.6 Å². The molecule has 1 heterocycles. The van der Waals surface area contributed by atoms with Crippen LogP contribution < -0.4 is 5.32 Å². The number of nitrogens with zero attached hydrogens (tertiary/aromatic N) is 1. The van der Waals surface area contributed by atoms with Gasteiger partial charge >= 0.3 is 0 Å². The number of likely N-dealkylation sites (N-methyl/N-ethyl adjacent to an activating group) is 1. The average molecular weight is 186 g/mol. The molecule has 0 aliphatic carbocycles. The number of aliphatic hydroxyl groups is 1. The second kappa shape index (κ2) is 3.98. The van der Waals surface area contributed by atoms with Crippen LogP contribution >= 0.6 is 11.3 Å². The van der Waals surface area contributed by atoms with Crippen LogP contribution in [0.25, 0.3) is 0 Å². The van der Waals surface area contributed by atoms with Gasteiger partial charge in [-0.25, -0.2) is 4.98 Å². The van der Waals surface area contributed by atoms with Gasteiger partial charge in [0, 0.05) is 11.6 Å². The molecule has 1 aromatic rings. The van der Waals surface area contributed by atoms with Crippen molar-refractivity contribution in [1.82, 2.24) is 10.3 Å². The number of thiazole rings is 1. The third-order valence-electron chi connectivity index (χ3n) is 1.79. The smallest absolute Gasteiger partial charge is 0.115 e. The normalized spacial score (nSPS) is 15.9. The minimum Gasteiger partial charge on any atom is -0.394 e. The van der Waals surface area contributed by atoms with Gasteiger partial charge in [0.05, 0.1) is 12.1 Å². The average Bonchev–Trinajstić information content (AvgIpc) is 2.57. The lowest BCUT2D eigenvalue weighted by Crippen LogP contribution is -2.42. The first kappa shape index (κ1) is 9.64. The summed E-state index contributed by atoms with van der Waals surface area (Å²) in [6.07, 6.45) is 1.76. The number of hydrogen-bond donors (Lipinski definition) is 2. The Hall–Kier alpha value is -0.450. The zero-order chi connectivity index (χ0) is 9.03. The maximum Gasteiger partial charge on any atom is 0.115 e. The fourth-order valence-electron chi connectivity index (χ4n) is 1.09. The number of aromatic nitrogens is 1. The third kappa shape index (κ3) is 1.83. The van der Waals surface area contributed by atoms with Crippen molar-refractivity contribution in [2.75, 3.05) is 13.2 Å². The molecule has 1 rings (SSSR count). The lowest BCUT2D eigenvalue weighted by atomic mass is 10.1. The summed E-state index contributed by atoms with van der Waals surface area (Å²) < 4.78 is 0. The summed E-state index contributed by atoms with van der Waals surface area (Å²) in [5, 5.41) is 15.3. The second-order valence-corrected chi connectivity index (χ2v) is 3.75. The molecular formula is C8H14N2OS. The molecule has 0 aromatic carbocycles. The van der Waals surface area contributed by atoms with Gasteiger partial charge in [-0.05, 0) is 13.5 Å². The number of hydrogen-bond acceptors (Lipinski definition) is 4. The number of rotatable bonds is 4. The van der Waals surface area contributed by atoms with Crippen molar-refractivity contribution in [2.24, 2.45) is 0 Å². The monoisotopic (exact) mass is 186 g/mol. The van der Waals surface area contributed by atoms with Crippen molar-refractivity contribution in [2.45, 2.75) is 19.4 Å². The Bertz CT molecular complexity index is 225. The van der Waals surface area contributed by atoms with Crippen molar-refractivity contribution < 1.29 is 5.11 Å². The van der Waals surface area contributed by atoms with Gasteiger partial charge in [-0.2, -0.15) is 0 Å². The first-order valence-electron chi connectivity index (χ1n) is 3.99. The summed E-state index contributed by atoms with van der Waals surface area (Å²) in [7, 11) is 0. The van der Waals surface area contributed by atoms with Crippen LogP contribution in [-0.2, 0) is 5.54 Å². The molecule has 4 heteroatoms. The Morgan fingerprint density at radius 1 is 1.75 bits per heavy atom. The molecule has 0 saturated carbocycles. The van der Waals surface area contributed by atoms with E-state index in [-0.39, 0.29) is 12.1 Å². The molecule has 0 radical (unpaired) electrons. The van der Waals surface area contributed by atoms with Crippen molar-refractivity contribution in [3.05, 3.63) is 16.6 Å². The molecule has 0 fully saturated rings. The quantitative estimate of drug-likeness (QED) is 0.736. The van der Waals surface area contributed by atoms with Crippen LogP contribution in [0.1, 0.15) is 18.9 Å². The Labute approximate surface area is 76.5 Å². The van der Waals surface area contributed by atoms with Gasteiger partial charge < -0.3 is 10.4 Å². The van der Waals surface area contributed by atoms with Gasteiger partial charge in [0.15, 0.2) is 0 Å². The lowest BCUT2D eigenvalue weighted by Gasteiger charge is -2.25. The summed E-state index contributed by atoms with van der Waals surface area (Å²) in [6.45, 7) is 4.88. The van der Waals surface area contributed by atoms with Crippen LogP contribution in [0.15, 0.2) is 11.6 Å². The number of aliphatic hydroxyl groups excluding tert-OH is 1. The molecule has 3 nitrogen and oxygen atoms in total. The molecule has 1 unspecified atom stereocenters. The minimum absolute atomic E-state index is 0.0777. The highest BCUT2D eigenvalue weighted by molar-refractivity contribution is 7.09. The van der Waals surface area contributed by atoms with Crippen LogP contribution in [0.5, 0.6) is 0 Å². The zero-order valence-corrected chi connectivity index (χ0v) is 8.19. The van der Waals surface area contributed by atoms with Crippen LogP contribution in [0.2, 0.25) is 0 Å². The van der Waals surface area contributed by atoms with Crippen molar-refractivity contribution in [3.63, 3.8) is 0 Å². The highest BCUT2D eigenvalue weighted by atomic mass is 32.1. The maximum atomic E-state index is 9.19. The van der Waals surface area contributed by atoms with E-state index >= 15 is 0 Å². The van der Waals surface area contributed by atoms with Gasteiger partial charge in [-0.15, -0.1) is 11.3 Å². The van der Waals surface area contributed by atoms with E-state index in [4.69, 9.17) is 0 Å². The lowest BCUT2D eigenvalue weighted by molar-refractivity contribution is 0.177. The standard InChI is InChI=1S/C8H14N2OS/c1-3-10-8(2,6-11)7-9-4-5-12-7/h4-5,10-11H,3,6H2,1-2H3. The summed E-state index contributed by atoms with van der Waals surface area (Å²) in [5.41, 5.74) is -0.372. The molecule has 12 heavy (non-hydrogen) atoms. The molecular weight excluding hydrogens is 172 g/mol. The summed E-state index contributed by atoms with van der Waals surface area (Å²) in [6, 6.07) is 0. The van der Waals surface area contributed by atoms with E-state index in [1.165, 1.54) is 0 Å². The molecule has 1 atom stereocenters. The van der Waals surface area contributed by atoms with E-state index < -0.39 is 0 Å². The highest BCUT2D eigenvalue weighted by Crippen LogP contribution is 2.21. The molecule has 0 bridgehead atoms. The highest BCUT2D eigenvalue weighted by Gasteiger charge is 2.26. The summed E-state index contributed by atoms with van der Waals surface area (Å²) in [4.78, 5) is 4.17. The summed E-state index contributed by atoms with van der Waals surface area (Å²) in [5.74, 6) is 0. The van der Waals surface area contributed by atoms with Crippen LogP contribution in [-0.4, -0.2) is 23.2 Å². The predicted octanol–water partition coefficient (Wildman–Crippen LogP) is 0.960. The molecule has 2 N–H and O–H groups in total. The van der Waals surface area contributed by atoms with Gasteiger partial charge in [-0.1, -0.05) is 6.92 Å². The second-order valence-electron chi connectivity index (χ2n) is 2.86. The molecule has 0 aliphatic heterocycles. The first-order valence-corrected chi connectivity index (χ1v) is 4.87. The molecule has 1 aromatic heterocycles. The fraction of sp³-hybridized carbons (Fsp3) is 0.625. The largest absolute Gasteiger partial charge is 0.394 e. The van der Waals surface area contributed by atoms with Crippen LogP contribution in [0.4, 0.5) is 0 Å². The van der Waals surface area contributed by atoms with E-state index in [0.29, 0.717) is 0 Å². The first-order chi connectivity index (χ1) is 5.73. The van der Waals surface area contributed by atoms with E-state index in [1.54, 1.807) is 17.5 Å². The Kier molecular flexibility index (Phi) is 3.20. The fourth-order valence-corrected chi connectivity index (χ4v) is 1.85. The van der Waals surface area contributed by atoms with E-state index in [1.807, 2.05) is 19.2 Å². The van der Waals surface area contributed by atoms with E-state index in [9.17, 15) is 5.11 Å². The SMILES string of the molecule is CCNC(C)(CO)c1nccs1. The topological polar surface area (TPSA) is 45.1 Å². The van der Waals surface area contributed by atoms with Gasteiger partial charge in [0.1, 0.15) is 5.01 Å². The molecule has 0 spiro atoms. The third-order valence-corrected chi connectivity index (χ3v) is 2.82. The van der Waals surface area contributed by atoms with Crippen molar-refractivity contribution >= 4 is 11.3 Å². The van der Waals surface area contributed by atoms with Crippen LogP contribution in [0.3, 0.4) is 0 Å².